The number of likely N-dealkylation sites (tertiary alicyclic amines) is 1. The number of nitriles is 1. The molecule has 0 saturated carbocycles. The van der Waals surface area contributed by atoms with Crippen LogP contribution in [0.5, 0.6) is 0 Å². The van der Waals surface area contributed by atoms with E-state index in [-0.39, 0.29) is 11.8 Å². The molecule has 110 valence electrons. The number of amides is 1. The minimum atomic E-state index is 0.0417. The second-order valence-corrected chi connectivity index (χ2v) is 6.52. The van der Waals surface area contributed by atoms with Gasteiger partial charge in [-0.3, -0.25) is 4.79 Å². The molecule has 0 bridgehead atoms. The third-order valence-electron chi connectivity index (χ3n) is 4.21. The SMILES string of the molecule is N#Cc1cc(Br)cnc1N1CCC(C(=O)N2CCCC2)C1. The summed E-state index contributed by atoms with van der Waals surface area (Å²) in [5, 5.41) is 9.24. The highest BCUT2D eigenvalue weighted by molar-refractivity contribution is 9.10. The Kier molecular flexibility index (Phi) is 4.11. The minimum Gasteiger partial charge on any atom is -0.355 e. The van der Waals surface area contributed by atoms with Crippen LogP contribution in [-0.2, 0) is 4.79 Å². The van der Waals surface area contributed by atoms with Crippen molar-refractivity contribution < 1.29 is 4.79 Å². The second-order valence-electron chi connectivity index (χ2n) is 5.60. The summed E-state index contributed by atoms with van der Waals surface area (Å²) < 4.78 is 0.798. The van der Waals surface area contributed by atoms with Crippen LogP contribution in [0.1, 0.15) is 24.8 Å². The number of pyridine rings is 1. The molecule has 1 atom stereocenters. The topological polar surface area (TPSA) is 60.2 Å². The molecule has 3 rings (SSSR count). The highest BCUT2D eigenvalue weighted by Gasteiger charge is 2.33. The van der Waals surface area contributed by atoms with E-state index < -0.39 is 0 Å². The number of halogens is 1. The first-order valence-electron chi connectivity index (χ1n) is 7.28. The van der Waals surface area contributed by atoms with E-state index in [1.165, 1.54) is 0 Å². The Labute approximate surface area is 132 Å². The van der Waals surface area contributed by atoms with Crippen molar-refractivity contribution in [2.75, 3.05) is 31.1 Å². The lowest BCUT2D eigenvalue weighted by molar-refractivity contribution is -0.133. The molecule has 0 aliphatic carbocycles. The van der Waals surface area contributed by atoms with Crippen molar-refractivity contribution in [3.05, 3.63) is 22.3 Å². The molecule has 21 heavy (non-hydrogen) atoms. The van der Waals surface area contributed by atoms with Crippen LogP contribution < -0.4 is 4.90 Å². The Balaban J connectivity index is 1.72. The number of aromatic nitrogens is 1. The van der Waals surface area contributed by atoms with Crippen LogP contribution >= 0.6 is 15.9 Å². The largest absolute Gasteiger partial charge is 0.355 e. The lowest BCUT2D eigenvalue weighted by Gasteiger charge is -2.21. The minimum absolute atomic E-state index is 0.0417. The van der Waals surface area contributed by atoms with Gasteiger partial charge in [-0.1, -0.05) is 0 Å². The first-order valence-corrected chi connectivity index (χ1v) is 8.07. The van der Waals surface area contributed by atoms with Gasteiger partial charge in [0, 0.05) is 36.8 Å². The van der Waals surface area contributed by atoms with Gasteiger partial charge < -0.3 is 9.80 Å². The molecule has 6 heteroatoms. The maximum Gasteiger partial charge on any atom is 0.227 e. The van der Waals surface area contributed by atoms with Gasteiger partial charge in [0.25, 0.3) is 0 Å². The standard InChI is InChI=1S/C15H17BrN4O/c16-13-7-12(8-17)14(18-9-13)20-6-3-11(10-20)15(21)19-4-1-2-5-19/h7,9,11H,1-6,10H2. The zero-order valence-corrected chi connectivity index (χ0v) is 13.3. The Morgan fingerprint density at radius 3 is 2.86 bits per heavy atom. The Hall–Kier alpha value is -1.61. The van der Waals surface area contributed by atoms with E-state index in [4.69, 9.17) is 0 Å². The van der Waals surface area contributed by atoms with Gasteiger partial charge in [0.1, 0.15) is 11.9 Å². The molecule has 2 fully saturated rings. The molecule has 2 aliphatic heterocycles. The highest BCUT2D eigenvalue weighted by Crippen LogP contribution is 2.28. The summed E-state index contributed by atoms with van der Waals surface area (Å²) in [6, 6.07) is 3.96. The number of carbonyl (C=O) groups excluding carboxylic acids is 1. The van der Waals surface area contributed by atoms with Gasteiger partial charge in [-0.2, -0.15) is 5.26 Å². The van der Waals surface area contributed by atoms with Gasteiger partial charge in [0.15, 0.2) is 0 Å². The van der Waals surface area contributed by atoms with E-state index in [2.05, 4.69) is 31.9 Å². The number of carbonyl (C=O) groups is 1. The molecule has 1 aromatic heterocycles. The van der Waals surface area contributed by atoms with Crippen molar-refractivity contribution in [1.82, 2.24) is 9.88 Å². The van der Waals surface area contributed by atoms with Crippen molar-refractivity contribution in [2.24, 2.45) is 5.92 Å². The molecule has 5 nitrogen and oxygen atoms in total. The van der Waals surface area contributed by atoms with E-state index in [1.54, 1.807) is 12.3 Å². The van der Waals surface area contributed by atoms with Crippen LogP contribution in [-0.4, -0.2) is 42.0 Å². The number of rotatable bonds is 2. The van der Waals surface area contributed by atoms with Crippen LogP contribution in [0, 0.1) is 17.2 Å². The van der Waals surface area contributed by atoms with Crippen molar-refractivity contribution in [1.29, 1.82) is 5.26 Å². The van der Waals surface area contributed by atoms with Crippen LogP contribution in [0.25, 0.3) is 0 Å². The third kappa shape index (κ3) is 2.88. The van der Waals surface area contributed by atoms with Crippen LogP contribution in [0.4, 0.5) is 5.82 Å². The Morgan fingerprint density at radius 2 is 2.14 bits per heavy atom. The van der Waals surface area contributed by atoms with E-state index in [1.807, 2.05) is 4.90 Å². The van der Waals surface area contributed by atoms with Crippen LogP contribution in [0.15, 0.2) is 16.7 Å². The van der Waals surface area contributed by atoms with Gasteiger partial charge in [-0.05, 0) is 41.3 Å². The summed E-state index contributed by atoms with van der Waals surface area (Å²) in [7, 11) is 0. The monoisotopic (exact) mass is 348 g/mol. The van der Waals surface area contributed by atoms with E-state index >= 15 is 0 Å². The first-order chi connectivity index (χ1) is 10.2. The maximum absolute atomic E-state index is 12.4. The maximum atomic E-state index is 12.4. The van der Waals surface area contributed by atoms with E-state index in [0.29, 0.717) is 17.9 Å². The fourth-order valence-electron chi connectivity index (χ4n) is 3.12. The normalized spacial score (nSPS) is 21.6. The van der Waals surface area contributed by atoms with Gasteiger partial charge in [0.05, 0.1) is 11.5 Å². The number of hydrogen-bond acceptors (Lipinski definition) is 4. The quantitative estimate of drug-likeness (QED) is 0.821. The van der Waals surface area contributed by atoms with Gasteiger partial charge in [0.2, 0.25) is 5.91 Å². The average molecular weight is 349 g/mol. The summed E-state index contributed by atoms with van der Waals surface area (Å²) in [6.45, 7) is 3.25. The average Bonchev–Trinajstić information content (AvgIpc) is 3.18. The van der Waals surface area contributed by atoms with Crippen LogP contribution in [0.3, 0.4) is 0 Å². The summed E-state index contributed by atoms with van der Waals surface area (Å²) in [4.78, 5) is 20.8. The fourth-order valence-corrected chi connectivity index (χ4v) is 3.45. The smallest absolute Gasteiger partial charge is 0.227 e. The number of hydrogen-bond donors (Lipinski definition) is 0. The number of nitrogens with zero attached hydrogens (tertiary/aromatic N) is 4. The third-order valence-corrected chi connectivity index (χ3v) is 4.64. The lowest BCUT2D eigenvalue weighted by Crippen LogP contribution is -2.35. The summed E-state index contributed by atoms with van der Waals surface area (Å²) in [5.74, 6) is 1.00. The molecule has 3 heterocycles. The summed E-state index contributed by atoms with van der Waals surface area (Å²) >= 11 is 3.33. The predicted octanol–water partition coefficient (Wildman–Crippen LogP) is 2.16. The van der Waals surface area contributed by atoms with Crippen LogP contribution in [0.2, 0.25) is 0 Å². The zero-order valence-electron chi connectivity index (χ0n) is 11.8. The molecule has 1 unspecified atom stereocenters. The van der Waals surface area contributed by atoms with Gasteiger partial charge in [-0.25, -0.2) is 4.98 Å². The molecular weight excluding hydrogens is 332 g/mol. The Morgan fingerprint density at radius 1 is 1.38 bits per heavy atom. The molecule has 1 amide bonds. The van der Waals surface area contributed by atoms with Crippen molar-refractivity contribution >= 4 is 27.7 Å². The predicted molar refractivity (Wildman–Crippen MR) is 82.8 cm³/mol. The van der Waals surface area contributed by atoms with Crippen molar-refractivity contribution in [2.45, 2.75) is 19.3 Å². The fraction of sp³-hybridized carbons (Fsp3) is 0.533. The Bertz CT molecular complexity index is 592. The lowest BCUT2D eigenvalue weighted by atomic mass is 10.1. The van der Waals surface area contributed by atoms with Crippen molar-refractivity contribution in [3.63, 3.8) is 0 Å². The summed E-state index contributed by atoms with van der Waals surface area (Å²) in [5.41, 5.74) is 0.554. The highest BCUT2D eigenvalue weighted by atomic mass is 79.9. The van der Waals surface area contributed by atoms with Gasteiger partial charge >= 0.3 is 0 Å². The molecule has 0 radical (unpaired) electrons. The number of anilines is 1. The molecule has 0 spiro atoms. The van der Waals surface area contributed by atoms with E-state index in [9.17, 15) is 10.1 Å². The first kappa shape index (κ1) is 14.3. The van der Waals surface area contributed by atoms with E-state index in [0.717, 1.165) is 43.4 Å². The zero-order chi connectivity index (χ0) is 14.8. The molecule has 0 aromatic carbocycles. The molecule has 1 aromatic rings. The van der Waals surface area contributed by atoms with Gasteiger partial charge in [-0.15, -0.1) is 0 Å². The molecule has 0 N–H and O–H groups in total. The van der Waals surface area contributed by atoms with Crippen molar-refractivity contribution in [3.8, 4) is 6.07 Å². The molecule has 2 saturated heterocycles. The molecular formula is C15H17BrN4O. The summed E-state index contributed by atoms with van der Waals surface area (Å²) in [6.07, 6.45) is 4.79. The second kappa shape index (κ2) is 6.02. The molecule has 2 aliphatic rings.